The highest BCUT2D eigenvalue weighted by atomic mass is 16.5. The fraction of sp³-hybridized carbons (Fsp3) is 0.625. The van der Waals surface area contributed by atoms with Crippen molar-refractivity contribution in [2.45, 2.75) is 40.0 Å². The summed E-state index contributed by atoms with van der Waals surface area (Å²) in [5.41, 5.74) is 0.544. The van der Waals surface area contributed by atoms with E-state index in [0.29, 0.717) is 23.7 Å². The van der Waals surface area contributed by atoms with Crippen LogP contribution < -0.4 is 0 Å². The van der Waals surface area contributed by atoms with Crippen LogP contribution >= 0.6 is 0 Å². The van der Waals surface area contributed by atoms with Gasteiger partial charge in [0, 0.05) is 0 Å². The minimum atomic E-state index is -0.468. The number of methoxy groups -OCH3 is 1. The van der Waals surface area contributed by atoms with E-state index in [0.717, 1.165) is 0 Å². The van der Waals surface area contributed by atoms with Gasteiger partial charge in [-0.15, -0.1) is 0 Å². The molecule has 3 heteroatoms. The molecule has 1 fully saturated rings. The highest BCUT2D eigenvalue weighted by Gasteiger charge is 2.34. The first-order valence-corrected chi connectivity index (χ1v) is 6.84. The summed E-state index contributed by atoms with van der Waals surface area (Å²) < 4.78 is 4.67. The van der Waals surface area contributed by atoms with Crippen molar-refractivity contribution < 1.29 is 14.3 Å². The average molecular weight is 264 g/mol. The maximum atomic E-state index is 11.5. The Morgan fingerprint density at radius 3 is 2.58 bits per heavy atom. The quantitative estimate of drug-likeness (QED) is 0.338. The van der Waals surface area contributed by atoms with Gasteiger partial charge in [-0.1, -0.05) is 45.8 Å². The van der Waals surface area contributed by atoms with Gasteiger partial charge in [0.25, 0.3) is 0 Å². The summed E-state index contributed by atoms with van der Waals surface area (Å²) in [5.74, 6) is 0.542. The lowest BCUT2D eigenvalue weighted by Gasteiger charge is -2.41. The van der Waals surface area contributed by atoms with Crippen molar-refractivity contribution in [3.05, 3.63) is 23.8 Å². The number of ether oxygens (including phenoxy) is 1. The van der Waals surface area contributed by atoms with Gasteiger partial charge in [0.05, 0.1) is 12.7 Å². The van der Waals surface area contributed by atoms with Crippen LogP contribution in [0.25, 0.3) is 0 Å². The predicted octanol–water partition coefficient (Wildman–Crippen LogP) is 3.30. The zero-order valence-electron chi connectivity index (χ0n) is 12.3. The number of hydrogen-bond acceptors (Lipinski definition) is 3. The number of carbonyl (C=O) groups is 2. The van der Waals surface area contributed by atoms with Gasteiger partial charge in [-0.05, 0) is 29.7 Å². The second-order valence-corrected chi connectivity index (χ2v) is 5.99. The zero-order valence-corrected chi connectivity index (χ0v) is 12.3. The van der Waals surface area contributed by atoms with Gasteiger partial charge in [-0.2, -0.15) is 0 Å². The molecule has 0 radical (unpaired) electrons. The number of allylic oxidation sites excluding steroid dienone is 2. The van der Waals surface area contributed by atoms with Crippen molar-refractivity contribution in [3.63, 3.8) is 0 Å². The van der Waals surface area contributed by atoms with E-state index >= 15 is 0 Å². The van der Waals surface area contributed by atoms with Gasteiger partial charge in [-0.25, -0.2) is 4.79 Å². The first kappa shape index (κ1) is 15.7. The Labute approximate surface area is 115 Å². The van der Waals surface area contributed by atoms with Crippen LogP contribution in [-0.4, -0.2) is 19.4 Å². The first-order chi connectivity index (χ1) is 8.92. The largest absolute Gasteiger partial charge is 0.465 e. The maximum absolute atomic E-state index is 11.5. The summed E-state index contributed by atoms with van der Waals surface area (Å²) >= 11 is 0. The van der Waals surface area contributed by atoms with Crippen molar-refractivity contribution in [1.82, 2.24) is 0 Å². The van der Waals surface area contributed by atoms with Crippen LogP contribution in [0.15, 0.2) is 23.8 Å². The summed E-state index contributed by atoms with van der Waals surface area (Å²) in [6.07, 6.45) is 9.33. The lowest BCUT2D eigenvalue weighted by atomic mass is 9.64. The van der Waals surface area contributed by atoms with Crippen molar-refractivity contribution in [1.29, 1.82) is 0 Å². The van der Waals surface area contributed by atoms with E-state index in [4.69, 9.17) is 0 Å². The van der Waals surface area contributed by atoms with Crippen molar-refractivity contribution >= 4 is 12.3 Å². The second-order valence-electron chi connectivity index (χ2n) is 5.99. The molecule has 0 saturated heterocycles. The van der Waals surface area contributed by atoms with Crippen LogP contribution in [0.3, 0.4) is 0 Å². The van der Waals surface area contributed by atoms with E-state index in [2.05, 4.69) is 31.6 Å². The molecule has 1 rings (SSSR count). The number of aldehydes is 1. The molecule has 0 amide bonds. The normalized spacial score (nSPS) is 27.3. The number of esters is 1. The van der Waals surface area contributed by atoms with Gasteiger partial charge in [0.15, 0.2) is 0 Å². The lowest BCUT2D eigenvalue weighted by Crippen LogP contribution is -2.32. The standard InChI is InChI=1S/C16H24O3/c1-12-6-5-10-16(2,3)14(12)8-7-13(9-11-17)15(18)19-4/h7-9,11-12,14H,5-6,10H2,1-4H3/b8-7+,13-9-. The van der Waals surface area contributed by atoms with E-state index in [1.54, 1.807) is 6.08 Å². The van der Waals surface area contributed by atoms with Crippen LogP contribution in [0.1, 0.15) is 40.0 Å². The molecule has 0 spiro atoms. The van der Waals surface area contributed by atoms with E-state index < -0.39 is 5.97 Å². The first-order valence-electron chi connectivity index (χ1n) is 6.84. The molecule has 1 aliphatic carbocycles. The minimum absolute atomic E-state index is 0.233. The Kier molecular flexibility index (Phi) is 5.52. The zero-order chi connectivity index (χ0) is 14.5. The third kappa shape index (κ3) is 4.05. The third-order valence-electron chi connectivity index (χ3n) is 4.15. The Morgan fingerprint density at radius 1 is 1.37 bits per heavy atom. The smallest absolute Gasteiger partial charge is 0.337 e. The molecule has 3 nitrogen and oxygen atoms in total. The van der Waals surface area contributed by atoms with Gasteiger partial charge in [0.2, 0.25) is 0 Å². The molecular formula is C16H24O3. The molecule has 2 atom stereocenters. The Morgan fingerprint density at radius 2 is 2.05 bits per heavy atom. The van der Waals surface area contributed by atoms with Gasteiger partial charge >= 0.3 is 5.97 Å². The molecule has 0 aromatic rings. The molecule has 106 valence electrons. The topological polar surface area (TPSA) is 43.4 Å². The molecule has 0 aromatic carbocycles. The molecular weight excluding hydrogens is 240 g/mol. The summed E-state index contributed by atoms with van der Waals surface area (Å²) in [6, 6.07) is 0. The minimum Gasteiger partial charge on any atom is -0.465 e. The predicted molar refractivity (Wildman–Crippen MR) is 75.6 cm³/mol. The molecule has 19 heavy (non-hydrogen) atoms. The summed E-state index contributed by atoms with van der Waals surface area (Å²) in [5, 5.41) is 0. The maximum Gasteiger partial charge on any atom is 0.337 e. The lowest BCUT2D eigenvalue weighted by molar-refractivity contribution is -0.135. The number of carbonyl (C=O) groups excluding carboxylic acids is 2. The Bertz CT molecular complexity index is 391. The monoisotopic (exact) mass is 264 g/mol. The third-order valence-corrected chi connectivity index (χ3v) is 4.15. The van der Waals surface area contributed by atoms with Crippen LogP contribution in [0.2, 0.25) is 0 Å². The van der Waals surface area contributed by atoms with Gasteiger partial charge in [0.1, 0.15) is 6.29 Å². The average Bonchev–Trinajstić information content (AvgIpc) is 2.35. The summed E-state index contributed by atoms with van der Waals surface area (Å²) in [7, 11) is 1.32. The van der Waals surface area contributed by atoms with Crippen molar-refractivity contribution in [3.8, 4) is 0 Å². The molecule has 0 aliphatic heterocycles. The fourth-order valence-corrected chi connectivity index (χ4v) is 3.04. The summed E-state index contributed by atoms with van der Waals surface area (Å²) in [6.45, 7) is 6.77. The fourth-order valence-electron chi connectivity index (χ4n) is 3.04. The van der Waals surface area contributed by atoms with Crippen molar-refractivity contribution in [2.75, 3.05) is 7.11 Å². The molecule has 1 saturated carbocycles. The second kappa shape index (κ2) is 6.69. The molecule has 0 bridgehead atoms. The van der Waals surface area contributed by atoms with Crippen molar-refractivity contribution in [2.24, 2.45) is 17.3 Å². The number of hydrogen-bond donors (Lipinski definition) is 0. The molecule has 0 heterocycles. The SMILES string of the molecule is COC(=O)C(=C\C=O)/C=C/C1C(C)CCCC1(C)C. The van der Waals surface area contributed by atoms with Crippen LogP contribution in [-0.2, 0) is 14.3 Å². The van der Waals surface area contributed by atoms with Gasteiger partial charge < -0.3 is 4.74 Å². The Balaban J connectivity index is 2.90. The van der Waals surface area contributed by atoms with E-state index in [1.807, 2.05) is 0 Å². The van der Waals surface area contributed by atoms with Crippen LogP contribution in [0.4, 0.5) is 0 Å². The molecule has 2 unspecified atom stereocenters. The van der Waals surface area contributed by atoms with E-state index in [-0.39, 0.29) is 5.41 Å². The Hall–Kier alpha value is -1.38. The van der Waals surface area contributed by atoms with Crippen LogP contribution in [0, 0.1) is 17.3 Å². The number of rotatable bonds is 4. The van der Waals surface area contributed by atoms with E-state index in [1.165, 1.54) is 32.4 Å². The van der Waals surface area contributed by atoms with Crippen LogP contribution in [0.5, 0.6) is 0 Å². The summed E-state index contributed by atoms with van der Waals surface area (Å²) in [4.78, 5) is 22.1. The highest BCUT2D eigenvalue weighted by molar-refractivity contribution is 5.95. The van der Waals surface area contributed by atoms with E-state index in [9.17, 15) is 9.59 Å². The molecule has 1 aliphatic rings. The highest BCUT2D eigenvalue weighted by Crippen LogP contribution is 2.44. The van der Waals surface area contributed by atoms with Gasteiger partial charge in [-0.3, -0.25) is 4.79 Å². The molecule has 0 N–H and O–H groups in total. The molecule has 0 aromatic heterocycles.